The molecule has 0 aliphatic heterocycles. The van der Waals surface area contributed by atoms with Crippen molar-refractivity contribution in [2.24, 2.45) is 0 Å². The van der Waals surface area contributed by atoms with Crippen LogP contribution in [0.3, 0.4) is 0 Å². The van der Waals surface area contributed by atoms with Crippen LogP contribution in [-0.2, 0) is 4.74 Å². The minimum absolute atomic E-state index is 0. The summed E-state index contributed by atoms with van der Waals surface area (Å²) in [5.41, 5.74) is 0. The van der Waals surface area contributed by atoms with E-state index in [9.17, 15) is 4.79 Å². The van der Waals surface area contributed by atoms with Crippen LogP contribution in [0, 0.1) is 11.5 Å². The van der Waals surface area contributed by atoms with Crippen molar-refractivity contribution in [1.82, 2.24) is 5.32 Å². The third kappa shape index (κ3) is 7.76. The van der Waals surface area contributed by atoms with Crippen LogP contribution in [0.5, 0.6) is 0 Å². The third-order valence-corrected chi connectivity index (χ3v) is 0.433. The van der Waals surface area contributed by atoms with Gasteiger partial charge in [-0.25, -0.2) is 10.1 Å². The summed E-state index contributed by atoms with van der Waals surface area (Å²) in [6.45, 7) is 1.95. The van der Waals surface area contributed by atoms with E-state index in [0.717, 1.165) is 0 Å². The number of hydrogen-bond acceptors (Lipinski definition) is 3. The first-order valence-corrected chi connectivity index (χ1v) is 2.13. The van der Waals surface area contributed by atoms with Crippen molar-refractivity contribution in [3.63, 3.8) is 0 Å². The number of carbonyl (C=O) groups excluding carboxylic acids is 1. The first kappa shape index (κ1) is 11.5. The first-order valence-electron chi connectivity index (χ1n) is 2.13. The van der Waals surface area contributed by atoms with E-state index >= 15 is 0 Å². The Morgan fingerprint density at radius 1 is 1.89 bits per heavy atom. The number of rotatable bonds is 1. The summed E-state index contributed by atoms with van der Waals surface area (Å²) in [4.78, 5) is 10.1. The van der Waals surface area contributed by atoms with Crippen LogP contribution in [0.1, 0.15) is 6.92 Å². The monoisotopic (exact) mass is 138 g/mol. The molecule has 0 aromatic heterocycles. The maximum atomic E-state index is 10.1. The number of hydrogen-bond donors (Lipinski definition) is 1. The fraction of sp³-hybridized carbons (Fsp3) is 0.500. The molecule has 0 unspecified atom stereocenters. The Bertz CT molecular complexity index is 120. The van der Waals surface area contributed by atoms with Crippen LogP contribution in [0.4, 0.5) is 4.79 Å². The van der Waals surface area contributed by atoms with Crippen LogP contribution in [-0.4, -0.2) is 42.3 Å². The summed E-state index contributed by atoms with van der Waals surface area (Å²) in [5.74, 6) is 0. The molecule has 0 saturated carbocycles. The Morgan fingerprint density at radius 3 is 2.78 bits per heavy atom. The first-order chi connectivity index (χ1) is 3.81. The molecule has 0 bridgehead atoms. The molecule has 0 rings (SSSR count). The number of amides is 1. The Balaban J connectivity index is 0. The molecule has 1 N–H and O–H groups in total. The fourth-order valence-corrected chi connectivity index (χ4v) is 0.213. The van der Waals surface area contributed by atoms with Crippen LogP contribution in [0.15, 0.2) is 0 Å². The van der Waals surface area contributed by atoms with Crippen molar-refractivity contribution < 1.29 is 9.53 Å². The molecule has 5 heteroatoms. The molecule has 0 heterocycles. The van der Waals surface area contributed by atoms with Crippen molar-refractivity contribution >= 4 is 35.7 Å². The average Bonchev–Trinajstić information content (AvgIpc) is 1.68. The van der Waals surface area contributed by atoms with Gasteiger partial charge in [0.2, 0.25) is 0 Å². The van der Waals surface area contributed by atoms with Crippen molar-refractivity contribution in [2.75, 3.05) is 6.61 Å². The van der Waals surface area contributed by atoms with E-state index in [1.165, 1.54) is 6.19 Å². The molecule has 0 aromatic carbocycles. The quantitative estimate of drug-likeness (QED) is 0.303. The van der Waals surface area contributed by atoms with Gasteiger partial charge in [0.05, 0.1) is 6.61 Å². The SMILES string of the molecule is CCOC(=O)NC#N.[NaH]. The number of carbonyl (C=O) groups is 1. The van der Waals surface area contributed by atoms with Gasteiger partial charge >= 0.3 is 35.7 Å². The van der Waals surface area contributed by atoms with E-state index in [0.29, 0.717) is 0 Å². The number of nitrogens with zero attached hydrogens (tertiary/aromatic N) is 1. The Morgan fingerprint density at radius 2 is 2.44 bits per heavy atom. The molecular weight excluding hydrogens is 131 g/mol. The van der Waals surface area contributed by atoms with Crippen molar-refractivity contribution in [3.05, 3.63) is 0 Å². The molecular formula is C4H7N2NaO2. The maximum absolute atomic E-state index is 10.1. The molecule has 0 aliphatic rings. The second-order valence-corrected chi connectivity index (χ2v) is 0.957. The molecule has 0 aliphatic carbocycles. The van der Waals surface area contributed by atoms with Gasteiger partial charge in [-0.1, -0.05) is 0 Å². The molecule has 0 atom stereocenters. The predicted octanol–water partition coefficient (Wildman–Crippen LogP) is -0.435. The predicted molar refractivity (Wildman–Crippen MR) is 32.9 cm³/mol. The molecule has 0 aromatic rings. The van der Waals surface area contributed by atoms with E-state index in [1.54, 1.807) is 12.2 Å². The molecule has 9 heavy (non-hydrogen) atoms. The molecule has 0 radical (unpaired) electrons. The van der Waals surface area contributed by atoms with Crippen LogP contribution < -0.4 is 5.32 Å². The Labute approximate surface area is 75.5 Å². The molecule has 4 nitrogen and oxygen atoms in total. The summed E-state index contributed by atoms with van der Waals surface area (Å²) in [7, 11) is 0. The molecule has 0 saturated heterocycles. The Kier molecular flexibility index (Phi) is 9.95. The van der Waals surface area contributed by atoms with E-state index in [2.05, 4.69) is 4.74 Å². The fourth-order valence-electron chi connectivity index (χ4n) is 0.213. The van der Waals surface area contributed by atoms with E-state index in [1.807, 2.05) is 0 Å². The summed E-state index contributed by atoms with van der Waals surface area (Å²) in [6.07, 6.45) is 0.729. The summed E-state index contributed by atoms with van der Waals surface area (Å²) in [5, 5.41) is 9.59. The third-order valence-electron chi connectivity index (χ3n) is 0.433. The minimum atomic E-state index is -0.699. The van der Waals surface area contributed by atoms with Crippen molar-refractivity contribution in [1.29, 1.82) is 5.26 Å². The van der Waals surface area contributed by atoms with Crippen LogP contribution >= 0.6 is 0 Å². The van der Waals surface area contributed by atoms with Crippen molar-refractivity contribution in [3.8, 4) is 6.19 Å². The van der Waals surface area contributed by atoms with E-state index < -0.39 is 6.09 Å². The zero-order valence-corrected chi connectivity index (χ0v) is 4.47. The van der Waals surface area contributed by atoms with Crippen LogP contribution in [0.25, 0.3) is 0 Å². The van der Waals surface area contributed by atoms with E-state index in [4.69, 9.17) is 5.26 Å². The van der Waals surface area contributed by atoms with Gasteiger partial charge in [0.25, 0.3) is 0 Å². The van der Waals surface area contributed by atoms with Crippen LogP contribution in [0.2, 0.25) is 0 Å². The van der Waals surface area contributed by atoms with Gasteiger partial charge in [-0.2, -0.15) is 5.26 Å². The Hall–Kier alpha value is -0.240. The molecule has 0 fully saturated rings. The van der Waals surface area contributed by atoms with Crippen molar-refractivity contribution in [2.45, 2.75) is 6.92 Å². The number of nitriles is 1. The summed E-state index contributed by atoms with van der Waals surface area (Å²) < 4.78 is 4.31. The molecule has 46 valence electrons. The number of alkyl carbamates (subject to hydrolysis) is 1. The topological polar surface area (TPSA) is 62.1 Å². The summed E-state index contributed by atoms with van der Waals surface area (Å²) in [6, 6.07) is 0. The summed E-state index contributed by atoms with van der Waals surface area (Å²) >= 11 is 0. The molecule has 1 amide bonds. The van der Waals surface area contributed by atoms with Gasteiger partial charge in [-0.15, -0.1) is 0 Å². The van der Waals surface area contributed by atoms with Gasteiger partial charge < -0.3 is 4.74 Å². The van der Waals surface area contributed by atoms with Gasteiger partial charge in [0.1, 0.15) is 0 Å². The zero-order chi connectivity index (χ0) is 6.41. The second kappa shape index (κ2) is 7.76. The van der Waals surface area contributed by atoms with Gasteiger partial charge in [-0.3, -0.25) is 0 Å². The van der Waals surface area contributed by atoms with Gasteiger partial charge in [-0.05, 0) is 6.92 Å². The standard InChI is InChI=1S/C4H6N2O2.Na.H/c1-2-8-4(7)6-3-5;;/h2H2,1H3,(H,6,7);;. The normalized spacial score (nSPS) is 6.22. The van der Waals surface area contributed by atoms with Gasteiger partial charge in [0.15, 0.2) is 6.19 Å². The van der Waals surface area contributed by atoms with E-state index in [-0.39, 0.29) is 36.2 Å². The number of ether oxygens (including phenoxy) is 1. The second-order valence-electron chi connectivity index (χ2n) is 0.957. The average molecular weight is 138 g/mol. The zero-order valence-electron chi connectivity index (χ0n) is 4.47. The number of nitrogens with one attached hydrogen (secondary N) is 1. The molecule has 0 spiro atoms. The van der Waals surface area contributed by atoms with Gasteiger partial charge in [0, 0.05) is 0 Å².